The fourth-order valence-corrected chi connectivity index (χ4v) is 3.58. The zero-order valence-electron chi connectivity index (χ0n) is 11.2. The van der Waals surface area contributed by atoms with Gasteiger partial charge in [0, 0.05) is 10.5 Å². The Morgan fingerprint density at radius 3 is 2.36 bits per heavy atom. The van der Waals surface area contributed by atoms with Gasteiger partial charge in [0.25, 0.3) is 15.9 Å². The van der Waals surface area contributed by atoms with Gasteiger partial charge in [-0.15, -0.1) is 0 Å². The van der Waals surface area contributed by atoms with Crippen molar-refractivity contribution in [3.8, 4) is 0 Å². The summed E-state index contributed by atoms with van der Waals surface area (Å²) in [4.78, 5) is 11.7. The van der Waals surface area contributed by atoms with E-state index in [-0.39, 0.29) is 4.90 Å². The normalized spacial score (nSPS) is 11.5. The molecule has 0 unspecified atom stereocenters. The molecule has 0 bridgehead atoms. The van der Waals surface area contributed by atoms with E-state index < -0.39 is 21.7 Å². The van der Waals surface area contributed by atoms with Gasteiger partial charge in [0.05, 0.1) is 0 Å². The fraction of sp³-hybridized carbons (Fsp3) is 0. The van der Waals surface area contributed by atoms with E-state index in [4.69, 9.17) is 0 Å². The number of halogens is 2. The Morgan fingerprint density at radius 2 is 1.73 bits per heavy atom. The van der Waals surface area contributed by atoms with E-state index in [1.54, 1.807) is 18.2 Å². The third kappa shape index (κ3) is 4.25. The Labute approximate surface area is 135 Å². The molecule has 114 valence electrons. The molecule has 0 saturated heterocycles. The van der Waals surface area contributed by atoms with Crippen LogP contribution in [-0.4, -0.2) is 14.3 Å². The zero-order valence-corrected chi connectivity index (χ0v) is 13.6. The van der Waals surface area contributed by atoms with Crippen LogP contribution in [0.2, 0.25) is 0 Å². The van der Waals surface area contributed by atoms with Crippen molar-refractivity contribution >= 4 is 37.9 Å². The number of amides is 1. The highest BCUT2D eigenvalue weighted by Crippen LogP contribution is 2.20. The highest BCUT2D eigenvalue weighted by Gasteiger charge is 2.18. The van der Waals surface area contributed by atoms with E-state index in [0.29, 0.717) is 10.0 Å². The summed E-state index contributed by atoms with van der Waals surface area (Å²) in [5, 5.41) is 0. The third-order valence-corrected chi connectivity index (χ3v) is 5.02. The molecule has 0 saturated carbocycles. The molecule has 0 heterocycles. The van der Waals surface area contributed by atoms with Crippen molar-refractivity contribution in [1.82, 2.24) is 4.72 Å². The second-order valence-electron chi connectivity index (χ2n) is 4.29. The van der Waals surface area contributed by atoms with Crippen molar-refractivity contribution in [3.63, 3.8) is 0 Å². The molecule has 0 aliphatic heterocycles. The number of hydrogen-bond acceptors (Lipinski definition) is 3. The van der Waals surface area contributed by atoms with Crippen molar-refractivity contribution in [3.05, 3.63) is 70.5 Å². The second kappa shape index (κ2) is 6.85. The summed E-state index contributed by atoms with van der Waals surface area (Å²) in [7, 11) is -3.96. The number of benzene rings is 2. The minimum atomic E-state index is -3.96. The summed E-state index contributed by atoms with van der Waals surface area (Å²) in [5.74, 6) is -1.18. The van der Waals surface area contributed by atoms with Gasteiger partial charge in [-0.1, -0.05) is 24.3 Å². The van der Waals surface area contributed by atoms with Crippen LogP contribution in [0.4, 0.5) is 4.39 Å². The largest absolute Gasteiger partial charge is 0.269 e. The van der Waals surface area contributed by atoms with Gasteiger partial charge in [-0.05, 0) is 51.8 Å². The predicted molar refractivity (Wildman–Crippen MR) is 84.9 cm³/mol. The summed E-state index contributed by atoms with van der Waals surface area (Å²) in [6.45, 7) is 0. The van der Waals surface area contributed by atoms with Crippen LogP contribution in [-0.2, 0) is 14.8 Å². The molecule has 7 heteroatoms. The number of sulfonamides is 1. The van der Waals surface area contributed by atoms with E-state index in [1.165, 1.54) is 36.4 Å². The standard InChI is InChI=1S/C15H11BrFNO3S/c16-13-3-1-2-4-14(13)22(20,21)18-15(19)10-7-11-5-8-12(17)9-6-11/h1-10H,(H,18,19)/b10-7+. The van der Waals surface area contributed by atoms with Crippen LogP contribution in [0.1, 0.15) is 5.56 Å². The number of carbonyl (C=O) groups excluding carboxylic acids is 1. The van der Waals surface area contributed by atoms with E-state index in [9.17, 15) is 17.6 Å². The van der Waals surface area contributed by atoms with Crippen molar-refractivity contribution in [1.29, 1.82) is 0 Å². The topological polar surface area (TPSA) is 63.2 Å². The van der Waals surface area contributed by atoms with E-state index in [2.05, 4.69) is 15.9 Å². The van der Waals surface area contributed by atoms with Crippen LogP contribution in [0.15, 0.2) is 64.0 Å². The summed E-state index contributed by atoms with van der Waals surface area (Å²) in [5.41, 5.74) is 0.579. The summed E-state index contributed by atoms with van der Waals surface area (Å²) in [6.07, 6.45) is 2.46. The summed E-state index contributed by atoms with van der Waals surface area (Å²) in [6, 6.07) is 11.6. The molecule has 0 spiro atoms. The summed E-state index contributed by atoms with van der Waals surface area (Å²) < 4.78 is 39.2. The first kappa shape index (κ1) is 16.4. The third-order valence-electron chi connectivity index (χ3n) is 2.66. The van der Waals surface area contributed by atoms with Gasteiger partial charge in [-0.25, -0.2) is 17.5 Å². The zero-order chi connectivity index (χ0) is 16.2. The molecular formula is C15H11BrFNO3S. The molecule has 0 aliphatic carbocycles. The van der Waals surface area contributed by atoms with Crippen LogP contribution in [0.25, 0.3) is 6.08 Å². The molecule has 1 amide bonds. The van der Waals surface area contributed by atoms with Crippen molar-refractivity contribution in [2.24, 2.45) is 0 Å². The highest BCUT2D eigenvalue weighted by atomic mass is 79.9. The first-order valence-electron chi connectivity index (χ1n) is 6.13. The Hall–Kier alpha value is -1.99. The number of nitrogens with one attached hydrogen (secondary N) is 1. The van der Waals surface area contributed by atoms with E-state index in [1.807, 2.05) is 4.72 Å². The predicted octanol–water partition coefficient (Wildman–Crippen LogP) is 3.11. The van der Waals surface area contributed by atoms with Gasteiger partial charge in [-0.3, -0.25) is 4.79 Å². The molecule has 0 atom stereocenters. The molecule has 2 rings (SSSR count). The molecule has 4 nitrogen and oxygen atoms in total. The second-order valence-corrected chi connectivity index (χ2v) is 6.79. The van der Waals surface area contributed by atoms with Crippen LogP contribution in [0, 0.1) is 5.82 Å². The van der Waals surface area contributed by atoms with Crippen molar-refractivity contribution in [2.45, 2.75) is 4.90 Å². The van der Waals surface area contributed by atoms with Crippen molar-refractivity contribution in [2.75, 3.05) is 0 Å². The van der Waals surface area contributed by atoms with Gasteiger partial charge in [0.15, 0.2) is 0 Å². The molecular weight excluding hydrogens is 373 g/mol. The Bertz CT molecular complexity index is 817. The van der Waals surface area contributed by atoms with Gasteiger partial charge >= 0.3 is 0 Å². The van der Waals surface area contributed by atoms with Crippen LogP contribution in [0.5, 0.6) is 0 Å². The molecule has 0 aromatic heterocycles. The van der Waals surface area contributed by atoms with Crippen LogP contribution >= 0.6 is 15.9 Å². The lowest BCUT2D eigenvalue weighted by molar-refractivity contribution is -0.114. The first-order chi connectivity index (χ1) is 10.4. The SMILES string of the molecule is O=C(/C=C/c1ccc(F)cc1)NS(=O)(=O)c1ccccc1Br. The Balaban J connectivity index is 2.11. The van der Waals surface area contributed by atoms with E-state index >= 15 is 0 Å². The average molecular weight is 384 g/mol. The van der Waals surface area contributed by atoms with Crippen LogP contribution in [0.3, 0.4) is 0 Å². The molecule has 2 aromatic rings. The Kier molecular flexibility index (Phi) is 5.10. The monoisotopic (exact) mass is 383 g/mol. The maximum atomic E-state index is 12.7. The lowest BCUT2D eigenvalue weighted by Gasteiger charge is -2.06. The number of carbonyl (C=O) groups is 1. The maximum absolute atomic E-state index is 12.7. The van der Waals surface area contributed by atoms with Gasteiger partial charge in [0.2, 0.25) is 0 Å². The average Bonchev–Trinajstić information content (AvgIpc) is 2.46. The van der Waals surface area contributed by atoms with Gasteiger partial charge < -0.3 is 0 Å². The minimum absolute atomic E-state index is 0.0291. The van der Waals surface area contributed by atoms with Crippen LogP contribution < -0.4 is 4.72 Å². The fourth-order valence-electron chi connectivity index (χ4n) is 1.63. The highest BCUT2D eigenvalue weighted by molar-refractivity contribution is 9.10. The molecule has 0 aliphatic rings. The number of hydrogen-bond donors (Lipinski definition) is 1. The first-order valence-corrected chi connectivity index (χ1v) is 8.41. The lowest BCUT2D eigenvalue weighted by Crippen LogP contribution is -2.29. The lowest BCUT2D eigenvalue weighted by atomic mass is 10.2. The molecule has 22 heavy (non-hydrogen) atoms. The smallest absolute Gasteiger partial charge is 0.265 e. The van der Waals surface area contributed by atoms with Crippen molar-refractivity contribution < 1.29 is 17.6 Å². The van der Waals surface area contributed by atoms with Gasteiger partial charge in [-0.2, -0.15) is 0 Å². The molecule has 0 radical (unpaired) electrons. The maximum Gasteiger partial charge on any atom is 0.265 e. The molecule has 1 N–H and O–H groups in total. The van der Waals surface area contributed by atoms with E-state index in [0.717, 1.165) is 6.08 Å². The van der Waals surface area contributed by atoms with Gasteiger partial charge in [0.1, 0.15) is 10.7 Å². The molecule has 0 fully saturated rings. The molecule has 2 aromatic carbocycles. The minimum Gasteiger partial charge on any atom is -0.269 e. The summed E-state index contributed by atoms with van der Waals surface area (Å²) >= 11 is 3.12. The Morgan fingerprint density at radius 1 is 1.09 bits per heavy atom. The quantitative estimate of drug-likeness (QED) is 0.825. The number of rotatable bonds is 4.